The molecule has 6 aromatic heterocycles. The minimum Gasteiger partial charge on any atom is -0.333 e. The van der Waals surface area contributed by atoms with Gasteiger partial charge in [-0.15, -0.1) is 0 Å². The van der Waals surface area contributed by atoms with Gasteiger partial charge in [-0.25, -0.2) is 44.9 Å². The van der Waals surface area contributed by atoms with Crippen molar-refractivity contribution in [2.75, 3.05) is 0 Å². The number of benzene rings is 24. The molecule has 0 radical (unpaired) electrons. The highest BCUT2D eigenvalue weighted by Gasteiger charge is 2.24. The molecule has 0 spiro atoms. The SMILES string of the molecule is Cn1cnc2cccc(-c3ccc4c(c3)c3ccccc3c3c(-c5cccc6ncn(C)c56)cccc43)c21.Cn1cnc2cccc(-c3cccc4c5ccc(-c6ccccc6)cc5c5ccccc5c34)c21.c1ccc(-c2cc(-c3ccc4c5ccccc5c5ccccc5c4c3)cc3ccncc23)cc1.c1ccc(-c2ncnc(-c3ccc4c(c3)c3ccccc3c3ccc(-c5ncnc(-c6ccccc6)n5)cc34)n2)cc1. The average Bonchev–Trinajstić information content (AvgIpc) is 1.41. The summed E-state index contributed by atoms with van der Waals surface area (Å²) in [5.41, 5.74) is 25.0. The van der Waals surface area contributed by atoms with E-state index >= 15 is 0 Å². The van der Waals surface area contributed by atoms with Crippen LogP contribution in [0.15, 0.2) is 487 Å². The maximum absolute atomic E-state index is 4.80. The summed E-state index contributed by atoms with van der Waals surface area (Å²) in [6.45, 7) is 0. The van der Waals surface area contributed by atoms with E-state index in [0.29, 0.717) is 23.3 Å². The van der Waals surface area contributed by atoms with Crippen molar-refractivity contribution in [2.45, 2.75) is 0 Å². The van der Waals surface area contributed by atoms with Gasteiger partial charge in [0, 0.05) is 77.9 Å². The van der Waals surface area contributed by atoms with E-state index in [1.54, 1.807) is 12.7 Å². The second-order valence-electron chi connectivity index (χ2n) is 37.9. The summed E-state index contributed by atoms with van der Waals surface area (Å²) in [5, 5.41) is 32.5. The molecule has 30 rings (SSSR count). The van der Waals surface area contributed by atoms with Crippen molar-refractivity contribution >= 4 is 173 Å². The smallest absolute Gasteiger partial charge is 0.163 e. The van der Waals surface area contributed by atoms with Crippen LogP contribution in [0.5, 0.6) is 0 Å². The fourth-order valence-electron chi connectivity index (χ4n) is 22.6. The first-order valence-corrected chi connectivity index (χ1v) is 49.8. The molecule has 0 saturated carbocycles. The van der Waals surface area contributed by atoms with Gasteiger partial charge in [-0.05, 0) is 251 Å². The molecule has 24 aromatic carbocycles. The van der Waals surface area contributed by atoms with Crippen LogP contribution in [0, 0.1) is 0 Å². The van der Waals surface area contributed by atoms with Gasteiger partial charge in [-0.2, -0.15) is 0 Å². The minimum atomic E-state index is 0.641. The van der Waals surface area contributed by atoms with Crippen molar-refractivity contribution in [2.24, 2.45) is 21.1 Å². The van der Waals surface area contributed by atoms with Crippen molar-refractivity contribution in [1.29, 1.82) is 0 Å². The number of hydrogen-bond donors (Lipinski definition) is 0. The molecule has 0 N–H and O–H groups in total. The molecule has 0 amide bonds. The second-order valence-corrected chi connectivity index (χ2v) is 37.9. The predicted molar refractivity (Wildman–Crippen MR) is 615 cm³/mol. The van der Waals surface area contributed by atoms with Crippen molar-refractivity contribution in [3.63, 3.8) is 0 Å². The summed E-state index contributed by atoms with van der Waals surface area (Å²) < 4.78 is 6.36. The standard InChI is InChI=1S/C36H22N6.C34H24N4.C33H21N.C32H22N2/c1-3-9-23(10-4-1)33-37-21-39-35(41-33)25-15-17-29-27-13-7-8-14-28(27)31-19-26(16-18-30(31)32(29)20-25)36-40-22-38-34(42-36)24-11-5-2-6-12-24;1-37-19-35-30-14-6-10-22(33(30)37)21-16-17-24-26-11-5-12-27(28-13-7-15-31-34(28)38(2)20-36-31)32(26)25-9-4-3-8-23(25)29(24)18-21;1-2-8-22(9-3-1)31-20-25(18-24-16-17-34-21-33(24)31)23-14-15-30-28-12-5-4-10-26(28)27-11-6-7-13-29(27)32(30)19-23;1-34-20-33-30-16-8-15-28(32(30)34)27-14-7-13-26-24-18-17-22(21-9-3-2-4-10-21)19-29(24)23-11-5-6-12-25(23)31(26)27/h1-22H;3-20H,1-2H3;1-21H;2-20H,1H3. The van der Waals surface area contributed by atoms with E-state index < -0.39 is 0 Å². The molecule has 0 aliphatic heterocycles. The van der Waals surface area contributed by atoms with Gasteiger partial charge in [0.1, 0.15) is 12.7 Å². The molecule has 0 atom stereocenters. The molecule has 13 nitrogen and oxygen atoms in total. The number of rotatable bonds is 10. The third-order valence-corrected chi connectivity index (χ3v) is 29.4. The molecule has 148 heavy (non-hydrogen) atoms. The van der Waals surface area contributed by atoms with Crippen LogP contribution in [0.4, 0.5) is 0 Å². The molecule has 0 aliphatic rings. The predicted octanol–water partition coefficient (Wildman–Crippen LogP) is 33.8. The molecule has 0 bridgehead atoms. The Balaban J connectivity index is 0.0000000978. The summed E-state index contributed by atoms with van der Waals surface area (Å²) in [6.07, 6.45) is 12.7. The van der Waals surface area contributed by atoms with Crippen molar-refractivity contribution < 1.29 is 0 Å². The minimum absolute atomic E-state index is 0.641. The molecule has 13 heteroatoms. The largest absolute Gasteiger partial charge is 0.333 e. The monoisotopic (exact) mass is 1890 g/mol. The van der Waals surface area contributed by atoms with Crippen LogP contribution in [0.3, 0.4) is 0 Å². The Hall–Kier alpha value is -19.8. The lowest BCUT2D eigenvalue weighted by Crippen LogP contribution is -1.96. The van der Waals surface area contributed by atoms with Crippen LogP contribution in [-0.2, 0) is 21.1 Å². The zero-order valence-electron chi connectivity index (χ0n) is 81.0. The quantitative estimate of drug-likeness (QED) is 0.121. The first-order chi connectivity index (χ1) is 73.2. The van der Waals surface area contributed by atoms with E-state index in [2.05, 4.69) is 457 Å². The van der Waals surface area contributed by atoms with Gasteiger partial charge in [0.25, 0.3) is 0 Å². The lowest BCUT2D eigenvalue weighted by molar-refractivity contribution is 0.948. The van der Waals surface area contributed by atoms with E-state index in [-0.39, 0.29) is 0 Å². The highest BCUT2D eigenvalue weighted by molar-refractivity contribution is 6.33. The number of pyridine rings is 1. The normalized spacial score (nSPS) is 11.6. The Morgan fingerprint density at radius 2 is 0.453 bits per heavy atom. The fourth-order valence-corrected chi connectivity index (χ4v) is 22.6. The van der Waals surface area contributed by atoms with Crippen LogP contribution in [0.2, 0.25) is 0 Å². The van der Waals surface area contributed by atoms with Gasteiger partial charge in [0.2, 0.25) is 0 Å². The Morgan fingerprint density at radius 1 is 0.169 bits per heavy atom. The second kappa shape index (κ2) is 36.6. The van der Waals surface area contributed by atoms with Crippen molar-refractivity contribution in [3.05, 3.63) is 487 Å². The lowest BCUT2D eigenvalue weighted by atomic mass is 9.88. The van der Waals surface area contributed by atoms with E-state index in [4.69, 9.17) is 9.97 Å². The van der Waals surface area contributed by atoms with E-state index in [0.717, 1.165) is 66.0 Å². The number of imidazole rings is 3. The van der Waals surface area contributed by atoms with Crippen molar-refractivity contribution in [1.82, 2.24) is 63.5 Å². The van der Waals surface area contributed by atoms with Crippen LogP contribution in [0.1, 0.15) is 0 Å². The van der Waals surface area contributed by atoms with Crippen LogP contribution >= 0.6 is 0 Å². The number of nitrogens with zero attached hydrogens (tertiary/aromatic N) is 13. The van der Waals surface area contributed by atoms with Gasteiger partial charge < -0.3 is 13.7 Å². The molecule has 0 aliphatic carbocycles. The summed E-state index contributed by atoms with van der Waals surface area (Å²) in [6, 6.07) is 158. The van der Waals surface area contributed by atoms with E-state index in [9.17, 15) is 0 Å². The lowest BCUT2D eigenvalue weighted by Gasteiger charge is -2.16. The first-order valence-electron chi connectivity index (χ1n) is 49.8. The van der Waals surface area contributed by atoms with Crippen molar-refractivity contribution in [3.8, 4) is 112 Å². The number of aromatic nitrogens is 13. The third-order valence-electron chi connectivity index (χ3n) is 29.4. The Kier molecular flexibility index (Phi) is 21.6. The Morgan fingerprint density at radius 3 is 0.872 bits per heavy atom. The summed E-state index contributed by atoms with van der Waals surface area (Å²) >= 11 is 0. The van der Waals surface area contributed by atoms with Crippen LogP contribution in [0.25, 0.3) is 285 Å². The number of hydrogen-bond acceptors (Lipinski definition) is 10. The summed E-state index contributed by atoms with van der Waals surface area (Å²) in [5.74, 6) is 2.59. The molecule has 0 saturated heterocycles. The van der Waals surface area contributed by atoms with E-state index in [1.165, 1.54) is 196 Å². The maximum atomic E-state index is 4.80. The molecule has 694 valence electrons. The van der Waals surface area contributed by atoms with Gasteiger partial charge in [0.15, 0.2) is 23.3 Å². The Bertz CT molecular complexity index is 10300. The Labute approximate surface area is 851 Å². The van der Waals surface area contributed by atoms with E-state index in [1.807, 2.05) is 92.0 Å². The molecule has 6 heterocycles. The number of aryl methyl sites for hydroxylation is 3. The summed E-state index contributed by atoms with van der Waals surface area (Å²) in [4.78, 5) is 45.7. The van der Waals surface area contributed by atoms with Crippen LogP contribution < -0.4 is 0 Å². The number of para-hydroxylation sites is 3. The van der Waals surface area contributed by atoms with Crippen LogP contribution in [-0.4, -0.2) is 63.5 Å². The average molecular weight is 1890 g/mol. The molecular weight excluding hydrogens is 1800 g/mol. The zero-order chi connectivity index (χ0) is 98.4. The molecule has 0 unspecified atom stereocenters. The summed E-state index contributed by atoms with van der Waals surface area (Å²) in [7, 11) is 6.21. The first kappa shape index (κ1) is 87.3. The highest BCUT2D eigenvalue weighted by atomic mass is 15.0. The topological polar surface area (TPSA) is 144 Å². The third kappa shape index (κ3) is 15.3. The molecule has 0 fully saturated rings. The van der Waals surface area contributed by atoms with Gasteiger partial charge >= 0.3 is 0 Å². The molecular formula is C135H89N13. The fraction of sp³-hybridized carbons (Fsp3) is 0.0222. The zero-order valence-corrected chi connectivity index (χ0v) is 81.0. The highest BCUT2D eigenvalue weighted by Crippen LogP contribution is 2.49. The molecule has 30 aromatic rings. The maximum Gasteiger partial charge on any atom is 0.163 e. The van der Waals surface area contributed by atoms with Gasteiger partial charge in [-0.1, -0.05) is 376 Å². The van der Waals surface area contributed by atoms with Gasteiger partial charge in [0.05, 0.1) is 52.1 Å². The number of fused-ring (bicyclic) bond motifs is 28. The van der Waals surface area contributed by atoms with Gasteiger partial charge in [-0.3, -0.25) is 4.98 Å².